The molecule has 114 valence electrons. The van der Waals surface area contributed by atoms with Crippen LogP contribution in [0.15, 0.2) is 17.0 Å². The quantitative estimate of drug-likeness (QED) is 0.927. The van der Waals surface area contributed by atoms with Crippen LogP contribution >= 0.6 is 11.8 Å². The smallest absolute Gasteiger partial charge is 0.308 e. The Morgan fingerprint density at radius 3 is 2.71 bits per heavy atom. The molecule has 1 aliphatic rings. The van der Waals surface area contributed by atoms with Crippen LogP contribution in [0.3, 0.4) is 0 Å². The molecule has 0 bridgehead atoms. The largest absolute Gasteiger partial charge is 0.417 e. The van der Waals surface area contributed by atoms with Gasteiger partial charge in [-0.3, -0.25) is 0 Å². The van der Waals surface area contributed by atoms with E-state index in [9.17, 15) is 13.2 Å². The predicted octanol–water partition coefficient (Wildman–Crippen LogP) is 2.88. The van der Waals surface area contributed by atoms with Crippen LogP contribution in [-0.4, -0.2) is 37.8 Å². The molecular formula is C14H16F3N3S. The molecule has 3 nitrogen and oxygen atoms in total. The first-order chi connectivity index (χ1) is 9.84. The number of nitrogens with one attached hydrogen (secondary N) is 1. The van der Waals surface area contributed by atoms with Gasteiger partial charge in [0.1, 0.15) is 6.07 Å². The van der Waals surface area contributed by atoms with E-state index in [0.29, 0.717) is 10.6 Å². The molecule has 1 aromatic rings. The highest BCUT2D eigenvalue weighted by Gasteiger charge is 2.37. The SMILES string of the molecule is CN(C)CCNC1CSc2c1ccc(C(F)(F)F)c2C#N. The Morgan fingerprint density at radius 2 is 2.14 bits per heavy atom. The Labute approximate surface area is 126 Å². The van der Waals surface area contributed by atoms with Gasteiger partial charge >= 0.3 is 6.18 Å². The molecule has 1 atom stereocenters. The van der Waals surface area contributed by atoms with E-state index >= 15 is 0 Å². The summed E-state index contributed by atoms with van der Waals surface area (Å²) in [4.78, 5) is 2.50. The van der Waals surface area contributed by atoms with E-state index in [-0.39, 0.29) is 11.6 Å². The lowest BCUT2D eigenvalue weighted by Crippen LogP contribution is -2.29. The Morgan fingerprint density at radius 1 is 1.43 bits per heavy atom. The minimum absolute atomic E-state index is 0.000617. The maximum Gasteiger partial charge on any atom is 0.417 e. The fourth-order valence-corrected chi connectivity index (χ4v) is 3.57. The van der Waals surface area contributed by atoms with Gasteiger partial charge in [-0.1, -0.05) is 6.07 Å². The van der Waals surface area contributed by atoms with Crippen molar-refractivity contribution in [1.29, 1.82) is 5.26 Å². The number of rotatable bonds is 4. The molecule has 0 amide bonds. The highest BCUT2D eigenvalue weighted by atomic mass is 32.2. The van der Waals surface area contributed by atoms with Gasteiger partial charge in [-0.2, -0.15) is 18.4 Å². The van der Waals surface area contributed by atoms with Crippen molar-refractivity contribution in [3.63, 3.8) is 0 Å². The van der Waals surface area contributed by atoms with Gasteiger partial charge in [0.25, 0.3) is 0 Å². The third kappa shape index (κ3) is 3.51. The van der Waals surface area contributed by atoms with Gasteiger partial charge in [-0.25, -0.2) is 0 Å². The van der Waals surface area contributed by atoms with Gasteiger partial charge in [0, 0.05) is 29.8 Å². The van der Waals surface area contributed by atoms with Crippen LogP contribution in [0.1, 0.15) is 22.7 Å². The molecule has 1 aliphatic heterocycles. The first kappa shape index (κ1) is 16.1. The van der Waals surface area contributed by atoms with E-state index in [4.69, 9.17) is 5.26 Å². The molecule has 2 rings (SSSR count). The zero-order valence-corrected chi connectivity index (χ0v) is 12.6. The maximum absolute atomic E-state index is 12.9. The minimum atomic E-state index is -4.49. The molecule has 0 fully saturated rings. The number of benzene rings is 1. The Balaban J connectivity index is 2.25. The fraction of sp³-hybridized carbons (Fsp3) is 0.500. The average Bonchev–Trinajstić information content (AvgIpc) is 2.79. The summed E-state index contributed by atoms with van der Waals surface area (Å²) in [5.74, 6) is 0.652. The van der Waals surface area contributed by atoms with Crippen molar-refractivity contribution in [3.05, 3.63) is 28.8 Å². The molecule has 1 aromatic carbocycles. The number of alkyl halides is 3. The lowest BCUT2D eigenvalue weighted by atomic mass is 10.0. The number of hydrogen-bond acceptors (Lipinski definition) is 4. The third-order valence-corrected chi connectivity index (χ3v) is 4.55. The molecule has 1 unspecified atom stereocenters. The van der Waals surface area contributed by atoms with Gasteiger partial charge in [0.15, 0.2) is 0 Å². The molecule has 1 N–H and O–H groups in total. The van der Waals surface area contributed by atoms with Crippen molar-refractivity contribution in [3.8, 4) is 6.07 Å². The van der Waals surface area contributed by atoms with Crippen LogP contribution in [-0.2, 0) is 6.18 Å². The first-order valence-electron chi connectivity index (χ1n) is 6.49. The van der Waals surface area contributed by atoms with Gasteiger partial charge in [-0.05, 0) is 25.7 Å². The van der Waals surface area contributed by atoms with Gasteiger partial charge in [0.2, 0.25) is 0 Å². The van der Waals surface area contributed by atoms with E-state index in [1.54, 1.807) is 6.07 Å². The number of likely N-dealkylation sites (N-methyl/N-ethyl adjacent to an activating group) is 1. The minimum Gasteiger partial charge on any atom is -0.308 e. The molecule has 0 saturated heterocycles. The monoisotopic (exact) mass is 315 g/mol. The van der Waals surface area contributed by atoms with Crippen molar-refractivity contribution in [2.75, 3.05) is 32.9 Å². The molecule has 1 heterocycles. The van der Waals surface area contributed by atoms with Crippen molar-refractivity contribution in [2.24, 2.45) is 0 Å². The third-order valence-electron chi connectivity index (χ3n) is 3.32. The van der Waals surface area contributed by atoms with Crippen molar-refractivity contribution in [1.82, 2.24) is 10.2 Å². The van der Waals surface area contributed by atoms with Crippen molar-refractivity contribution < 1.29 is 13.2 Å². The maximum atomic E-state index is 12.9. The lowest BCUT2D eigenvalue weighted by molar-refractivity contribution is -0.137. The van der Waals surface area contributed by atoms with Crippen molar-refractivity contribution >= 4 is 11.8 Å². The van der Waals surface area contributed by atoms with E-state index in [0.717, 1.165) is 24.7 Å². The van der Waals surface area contributed by atoms with Crippen LogP contribution in [0.4, 0.5) is 13.2 Å². The zero-order valence-electron chi connectivity index (χ0n) is 11.8. The second-order valence-electron chi connectivity index (χ2n) is 5.14. The Hall–Kier alpha value is -1.23. The van der Waals surface area contributed by atoms with Gasteiger partial charge in [-0.15, -0.1) is 11.8 Å². The highest BCUT2D eigenvalue weighted by Crippen LogP contribution is 2.44. The van der Waals surface area contributed by atoms with Gasteiger partial charge < -0.3 is 10.2 Å². The van der Waals surface area contributed by atoms with Gasteiger partial charge in [0.05, 0.1) is 11.1 Å². The normalized spacial score (nSPS) is 17.9. The summed E-state index contributed by atoms with van der Waals surface area (Å²) in [7, 11) is 3.92. The first-order valence-corrected chi connectivity index (χ1v) is 7.48. The number of nitrogens with zero attached hydrogens (tertiary/aromatic N) is 2. The standard InChI is InChI=1S/C14H16F3N3S/c1-20(2)6-5-19-12-8-21-13-9(12)3-4-11(10(13)7-18)14(15,16)17/h3-4,12,19H,5-6,8H2,1-2H3. The lowest BCUT2D eigenvalue weighted by Gasteiger charge is -2.17. The highest BCUT2D eigenvalue weighted by molar-refractivity contribution is 7.99. The topological polar surface area (TPSA) is 39.1 Å². The van der Waals surface area contributed by atoms with Crippen molar-refractivity contribution in [2.45, 2.75) is 17.1 Å². The van der Waals surface area contributed by atoms with E-state index in [1.807, 2.05) is 19.0 Å². The molecule has 0 spiro atoms. The molecular weight excluding hydrogens is 299 g/mol. The summed E-state index contributed by atoms with van der Waals surface area (Å²) in [6, 6.07) is 4.23. The molecule has 0 radical (unpaired) electrons. The van der Waals surface area contributed by atoms with E-state index in [1.165, 1.54) is 17.8 Å². The number of fused-ring (bicyclic) bond motifs is 1. The number of thioether (sulfide) groups is 1. The number of hydrogen-bond donors (Lipinski definition) is 1. The van der Waals surface area contributed by atoms with Crippen LogP contribution in [0.5, 0.6) is 0 Å². The summed E-state index contributed by atoms with van der Waals surface area (Å²) in [5.41, 5.74) is -0.296. The predicted molar refractivity (Wildman–Crippen MR) is 76.2 cm³/mol. The fourth-order valence-electron chi connectivity index (χ4n) is 2.26. The van der Waals surface area contributed by atoms with Crippen LogP contribution in [0, 0.1) is 11.3 Å². The van der Waals surface area contributed by atoms with E-state index in [2.05, 4.69) is 5.32 Å². The number of nitriles is 1. The molecule has 21 heavy (non-hydrogen) atoms. The molecule has 0 aromatic heterocycles. The summed E-state index contributed by atoms with van der Waals surface area (Å²) >= 11 is 1.32. The Kier molecular flexibility index (Phi) is 4.81. The van der Waals surface area contributed by atoms with Crippen LogP contribution in [0.25, 0.3) is 0 Å². The summed E-state index contributed by atoms with van der Waals surface area (Å²) < 4.78 is 38.7. The van der Waals surface area contributed by atoms with E-state index < -0.39 is 11.7 Å². The summed E-state index contributed by atoms with van der Waals surface area (Å²) in [6.45, 7) is 1.60. The second kappa shape index (κ2) is 6.26. The molecule has 7 heteroatoms. The number of halogens is 3. The molecule has 0 aliphatic carbocycles. The van der Waals surface area contributed by atoms with Crippen LogP contribution in [0.2, 0.25) is 0 Å². The average molecular weight is 315 g/mol. The Bertz CT molecular complexity index is 564. The van der Waals surface area contributed by atoms with Crippen LogP contribution < -0.4 is 5.32 Å². The molecule has 0 saturated carbocycles. The summed E-state index contributed by atoms with van der Waals surface area (Å²) in [6.07, 6.45) is -4.49. The summed E-state index contributed by atoms with van der Waals surface area (Å²) in [5, 5.41) is 12.4. The zero-order chi connectivity index (χ0) is 15.6. The second-order valence-corrected chi connectivity index (χ2v) is 6.17.